The van der Waals surface area contributed by atoms with Gasteiger partial charge in [-0.15, -0.1) is 0 Å². The minimum Gasteiger partial charge on any atom is -0.481 e. The highest BCUT2D eigenvalue weighted by atomic mass is 31.2. The van der Waals surface area contributed by atoms with Crippen LogP contribution in [-0.4, -0.2) is 47.9 Å². The number of rotatable bonds is 10. The smallest absolute Gasteiger partial charge is 0.421 e. The monoisotopic (exact) mass is 464 g/mol. The molecule has 0 atom stereocenters. The van der Waals surface area contributed by atoms with Gasteiger partial charge in [-0.05, 0) is 60.6 Å². The number of nitrogens with zero attached hydrogens (tertiary/aromatic N) is 3. The summed E-state index contributed by atoms with van der Waals surface area (Å²) in [6.45, 7) is 14.9. The molecule has 0 aliphatic carbocycles. The van der Waals surface area contributed by atoms with Crippen molar-refractivity contribution in [2.24, 2.45) is 0 Å². The van der Waals surface area contributed by atoms with Crippen LogP contribution in [0.5, 0.6) is 0 Å². The summed E-state index contributed by atoms with van der Waals surface area (Å²) in [5.74, 6) is 0.0890. The molecule has 9 heteroatoms. The van der Waals surface area contributed by atoms with Crippen LogP contribution >= 0.6 is 7.26 Å². The SMILES string of the molecule is CCOC(=O)N(/C(OC)=C(\C#N)C[P+](C(C)C)(C(C)C)C(C)C)c1ccc([N+](=O)[O-])cc1. The minimum atomic E-state index is -1.68. The van der Waals surface area contributed by atoms with Crippen LogP contribution in [-0.2, 0) is 9.47 Å². The molecule has 176 valence electrons. The van der Waals surface area contributed by atoms with E-state index in [2.05, 4.69) is 47.6 Å². The predicted molar refractivity (Wildman–Crippen MR) is 129 cm³/mol. The van der Waals surface area contributed by atoms with Crippen LogP contribution in [0.15, 0.2) is 35.7 Å². The number of non-ortho nitro benzene ring substituents is 1. The fraction of sp³-hybridized carbons (Fsp3) is 0.565. The third-order valence-corrected chi connectivity index (χ3v) is 12.5. The second kappa shape index (κ2) is 11.8. The number of carbonyl (C=O) groups excluding carboxylic acids is 1. The second-order valence-corrected chi connectivity index (χ2v) is 13.7. The molecule has 0 N–H and O–H groups in total. The van der Waals surface area contributed by atoms with E-state index in [9.17, 15) is 20.2 Å². The first-order chi connectivity index (χ1) is 15.0. The Morgan fingerprint density at radius 1 is 1.12 bits per heavy atom. The standard InChI is InChI=1S/C23H35N3O5P/c1-9-31-23(27)25(20-10-12-21(13-11-20)26(28)29)22(30-8)19(14-24)15-32(16(2)3,17(4)5)18(6)7/h10-13,16-18H,9,15H2,1-8H3/q+1/b22-19-. The summed E-state index contributed by atoms with van der Waals surface area (Å²) in [6, 6.07) is 7.76. The normalized spacial score (nSPS) is 12.4. The number of benzene rings is 1. The zero-order valence-corrected chi connectivity index (χ0v) is 21.2. The number of nitriles is 1. The number of allylic oxidation sites excluding steroid dienone is 1. The van der Waals surface area contributed by atoms with Crippen LogP contribution in [0.4, 0.5) is 16.2 Å². The van der Waals surface area contributed by atoms with Crippen molar-refractivity contribution in [3.05, 3.63) is 45.8 Å². The van der Waals surface area contributed by atoms with Crippen molar-refractivity contribution in [3.63, 3.8) is 0 Å². The number of ether oxygens (including phenoxy) is 2. The summed E-state index contributed by atoms with van der Waals surface area (Å²) < 4.78 is 10.8. The Hall–Kier alpha value is -2.65. The van der Waals surface area contributed by atoms with E-state index in [0.717, 1.165) is 0 Å². The fourth-order valence-electron chi connectivity index (χ4n) is 4.33. The van der Waals surface area contributed by atoms with Crippen LogP contribution in [0.1, 0.15) is 48.5 Å². The Balaban J connectivity index is 3.72. The van der Waals surface area contributed by atoms with Crippen molar-refractivity contribution in [1.29, 1.82) is 5.26 Å². The molecule has 0 aliphatic rings. The molecule has 1 rings (SSSR count). The van der Waals surface area contributed by atoms with E-state index in [1.807, 2.05) is 0 Å². The molecule has 8 nitrogen and oxygen atoms in total. The van der Waals surface area contributed by atoms with Crippen molar-refractivity contribution in [1.82, 2.24) is 0 Å². The maximum absolute atomic E-state index is 12.9. The van der Waals surface area contributed by atoms with E-state index >= 15 is 0 Å². The van der Waals surface area contributed by atoms with Gasteiger partial charge in [0, 0.05) is 19.4 Å². The molecular formula is C23H35N3O5P+. The molecule has 32 heavy (non-hydrogen) atoms. The Morgan fingerprint density at radius 2 is 1.62 bits per heavy atom. The average Bonchev–Trinajstić information content (AvgIpc) is 2.72. The minimum absolute atomic E-state index is 0.0890. The summed E-state index contributed by atoms with van der Waals surface area (Å²) >= 11 is 0. The Bertz CT molecular complexity index is 851. The maximum atomic E-state index is 12.9. The molecule has 0 unspecified atom stereocenters. The molecule has 0 fully saturated rings. The molecule has 0 aromatic heterocycles. The van der Waals surface area contributed by atoms with Gasteiger partial charge in [0.2, 0.25) is 5.88 Å². The van der Waals surface area contributed by atoms with Gasteiger partial charge >= 0.3 is 6.09 Å². The number of amides is 1. The highest BCUT2D eigenvalue weighted by Gasteiger charge is 2.49. The zero-order valence-electron chi connectivity index (χ0n) is 20.3. The van der Waals surface area contributed by atoms with Crippen molar-refractivity contribution in [2.45, 2.75) is 65.4 Å². The lowest BCUT2D eigenvalue weighted by Crippen LogP contribution is -2.34. The van der Waals surface area contributed by atoms with Crippen LogP contribution in [0.3, 0.4) is 0 Å². The van der Waals surface area contributed by atoms with Crippen LogP contribution < -0.4 is 4.90 Å². The lowest BCUT2D eigenvalue weighted by atomic mass is 10.2. The van der Waals surface area contributed by atoms with Gasteiger partial charge < -0.3 is 9.47 Å². The average molecular weight is 465 g/mol. The van der Waals surface area contributed by atoms with E-state index in [1.54, 1.807) is 6.92 Å². The highest BCUT2D eigenvalue weighted by Crippen LogP contribution is 2.71. The largest absolute Gasteiger partial charge is 0.481 e. The summed E-state index contributed by atoms with van der Waals surface area (Å²) in [7, 11) is -0.271. The Labute approximate surface area is 191 Å². The van der Waals surface area contributed by atoms with Crippen LogP contribution in [0.25, 0.3) is 0 Å². The summed E-state index contributed by atoms with van der Waals surface area (Å²) in [6.07, 6.45) is -0.198. The highest BCUT2D eigenvalue weighted by molar-refractivity contribution is 7.77. The molecular weight excluding hydrogens is 429 g/mol. The van der Waals surface area contributed by atoms with Crippen LogP contribution in [0, 0.1) is 21.4 Å². The molecule has 1 aromatic rings. The number of hydrogen-bond donors (Lipinski definition) is 0. The van der Waals surface area contributed by atoms with Gasteiger partial charge in [0.1, 0.15) is 17.8 Å². The molecule has 0 aliphatic heterocycles. The first kappa shape index (κ1) is 27.4. The molecule has 0 heterocycles. The van der Waals surface area contributed by atoms with E-state index in [1.165, 1.54) is 36.3 Å². The zero-order chi connectivity index (χ0) is 24.6. The van der Waals surface area contributed by atoms with E-state index in [0.29, 0.717) is 34.4 Å². The van der Waals surface area contributed by atoms with Crippen molar-refractivity contribution >= 4 is 24.7 Å². The van der Waals surface area contributed by atoms with Gasteiger partial charge in [0.05, 0.1) is 41.3 Å². The number of hydrogen-bond acceptors (Lipinski definition) is 6. The van der Waals surface area contributed by atoms with Gasteiger partial charge in [0.25, 0.3) is 5.69 Å². The van der Waals surface area contributed by atoms with Crippen LogP contribution in [0.2, 0.25) is 0 Å². The summed E-state index contributed by atoms with van der Waals surface area (Å²) in [5, 5.41) is 21.2. The molecule has 1 amide bonds. The van der Waals surface area contributed by atoms with Gasteiger partial charge in [-0.3, -0.25) is 10.1 Å². The predicted octanol–water partition coefficient (Wildman–Crippen LogP) is 6.18. The number of methoxy groups -OCH3 is 1. The molecule has 1 aromatic carbocycles. The quantitative estimate of drug-likeness (QED) is 0.135. The topological polar surface area (TPSA) is 106 Å². The molecule has 0 saturated carbocycles. The van der Waals surface area contributed by atoms with Gasteiger partial charge in [-0.2, -0.15) is 5.26 Å². The molecule has 0 saturated heterocycles. The van der Waals surface area contributed by atoms with E-state index in [-0.39, 0.29) is 18.2 Å². The fourth-order valence-corrected chi connectivity index (χ4v) is 9.75. The van der Waals surface area contributed by atoms with Crippen molar-refractivity contribution in [3.8, 4) is 6.07 Å². The van der Waals surface area contributed by atoms with Gasteiger partial charge in [0.15, 0.2) is 0 Å². The van der Waals surface area contributed by atoms with E-state index in [4.69, 9.17) is 9.47 Å². The Kier molecular flexibility index (Phi) is 10.1. The van der Waals surface area contributed by atoms with Crippen molar-refractivity contribution < 1.29 is 19.2 Å². The molecule has 0 bridgehead atoms. The number of nitro benzene ring substituents is 1. The van der Waals surface area contributed by atoms with Gasteiger partial charge in [-0.1, -0.05) is 0 Å². The third kappa shape index (κ3) is 5.77. The van der Waals surface area contributed by atoms with Crippen molar-refractivity contribution in [2.75, 3.05) is 24.8 Å². The number of anilines is 1. The summed E-state index contributed by atoms with van der Waals surface area (Å²) in [4.78, 5) is 24.6. The number of nitro groups is 1. The third-order valence-electron chi connectivity index (χ3n) is 5.87. The van der Waals surface area contributed by atoms with E-state index < -0.39 is 18.3 Å². The molecule has 0 radical (unpaired) electrons. The molecule has 0 spiro atoms. The second-order valence-electron chi connectivity index (χ2n) is 8.34. The Morgan fingerprint density at radius 3 is 1.97 bits per heavy atom. The number of carbonyl (C=O) groups is 1. The first-order valence-electron chi connectivity index (χ1n) is 10.7. The lowest BCUT2D eigenvalue weighted by Gasteiger charge is -2.38. The first-order valence-corrected chi connectivity index (χ1v) is 12.9. The summed E-state index contributed by atoms with van der Waals surface area (Å²) in [5.41, 5.74) is 1.70. The maximum Gasteiger partial charge on any atom is 0.421 e. The lowest BCUT2D eigenvalue weighted by molar-refractivity contribution is -0.384. The van der Waals surface area contributed by atoms with Gasteiger partial charge in [-0.25, -0.2) is 9.69 Å².